The highest BCUT2D eigenvalue weighted by molar-refractivity contribution is 5.71. The van der Waals surface area contributed by atoms with Gasteiger partial charge in [-0.25, -0.2) is 0 Å². The lowest BCUT2D eigenvalue weighted by Crippen LogP contribution is -2.30. The number of ether oxygens (including phenoxy) is 3. The molecule has 0 saturated carbocycles. The highest BCUT2D eigenvalue weighted by Crippen LogP contribution is 2.13. The van der Waals surface area contributed by atoms with Crippen LogP contribution < -0.4 is 0 Å². The molecule has 0 amide bonds. The summed E-state index contributed by atoms with van der Waals surface area (Å²) in [5.41, 5.74) is 0. The van der Waals surface area contributed by atoms with E-state index in [4.69, 9.17) is 14.2 Å². The van der Waals surface area contributed by atoms with Crippen LogP contribution in [0.1, 0.15) is 207 Å². The standard InChI is InChI=1S/C54H88O6/c1-4-7-10-13-16-19-21-23-25-26-27-28-29-31-32-35-38-41-44-47-53(56)59-50-51(49-58-52(55)46-43-40-37-34-18-15-12-9-6-3)60-54(57)48-45-42-39-36-33-30-24-22-20-17-14-11-8-5-2/h7-8,10-11,16-17,19-20,23,25,27-28,31-32,38,41,51H,4-6,9,12-15,18,21-22,24,26,29-30,33-37,39-40,42-50H2,1-3H3/b10-7-,11-8-,19-16-,20-17-,25-23-,28-27-,32-31-,41-38-. The van der Waals surface area contributed by atoms with Crippen molar-refractivity contribution in [2.75, 3.05) is 13.2 Å². The number of hydrogen-bond donors (Lipinski definition) is 0. The Kier molecular flexibility index (Phi) is 45.1. The summed E-state index contributed by atoms with van der Waals surface area (Å²) in [4.78, 5) is 37.8. The summed E-state index contributed by atoms with van der Waals surface area (Å²) < 4.78 is 16.6. The molecule has 0 bridgehead atoms. The molecule has 0 N–H and O–H groups in total. The van der Waals surface area contributed by atoms with Gasteiger partial charge in [0.1, 0.15) is 13.2 Å². The second-order valence-electron chi connectivity index (χ2n) is 15.6. The zero-order valence-corrected chi connectivity index (χ0v) is 38.7. The maximum absolute atomic E-state index is 12.7. The maximum Gasteiger partial charge on any atom is 0.306 e. The van der Waals surface area contributed by atoms with E-state index in [9.17, 15) is 14.4 Å². The largest absolute Gasteiger partial charge is 0.462 e. The quantitative estimate of drug-likeness (QED) is 0.0264. The second kappa shape index (κ2) is 48.0. The van der Waals surface area contributed by atoms with Gasteiger partial charge in [0, 0.05) is 19.3 Å². The Morgan fingerprint density at radius 3 is 1.12 bits per heavy atom. The molecule has 6 nitrogen and oxygen atoms in total. The average molecular weight is 833 g/mol. The van der Waals surface area contributed by atoms with E-state index in [1.54, 1.807) is 0 Å². The summed E-state index contributed by atoms with van der Waals surface area (Å²) in [5, 5.41) is 0. The monoisotopic (exact) mass is 833 g/mol. The number of unbranched alkanes of at least 4 members (excludes halogenated alkanes) is 15. The summed E-state index contributed by atoms with van der Waals surface area (Å²) in [6.45, 7) is 6.31. The Bertz CT molecular complexity index is 1230. The van der Waals surface area contributed by atoms with Crippen LogP contribution in [0.25, 0.3) is 0 Å². The SMILES string of the molecule is CC/C=C\C/C=C\C/C=C\C/C=C\C/C=C\C/C=C\CCC(=O)OCC(COC(=O)CCCCCCCCCCC)OC(=O)CCCCCCCCC/C=C\C/C=C\CC. The first-order chi connectivity index (χ1) is 29.5. The number of carbonyl (C=O) groups excluding carboxylic acids is 3. The third kappa shape index (κ3) is 45.4. The molecule has 1 atom stereocenters. The highest BCUT2D eigenvalue weighted by Gasteiger charge is 2.19. The molecule has 0 spiro atoms. The van der Waals surface area contributed by atoms with Crippen LogP contribution in [0.2, 0.25) is 0 Å². The van der Waals surface area contributed by atoms with Gasteiger partial charge >= 0.3 is 17.9 Å². The number of allylic oxidation sites excluding steroid dienone is 16. The Morgan fingerprint density at radius 2 is 0.683 bits per heavy atom. The van der Waals surface area contributed by atoms with Crippen molar-refractivity contribution in [3.8, 4) is 0 Å². The molecule has 0 aromatic carbocycles. The fourth-order valence-corrected chi connectivity index (χ4v) is 6.27. The molecule has 0 aromatic heterocycles. The van der Waals surface area contributed by atoms with E-state index in [0.717, 1.165) is 96.3 Å². The molecule has 340 valence electrons. The van der Waals surface area contributed by atoms with Crippen LogP contribution in [-0.4, -0.2) is 37.2 Å². The van der Waals surface area contributed by atoms with Gasteiger partial charge in [-0.2, -0.15) is 0 Å². The van der Waals surface area contributed by atoms with Gasteiger partial charge in [0.15, 0.2) is 6.10 Å². The van der Waals surface area contributed by atoms with Gasteiger partial charge in [-0.15, -0.1) is 0 Å². The van der Waals surface area contributed by atoms with Gasteiger partial charge in [0.05, 0.1) is 0 Å². The van der Waals surface area contributed by atoms with Crippen LogP contribution in [0.4, 0.5) is 0 Å². The lowest BCUT2D eigenvalue weighted by atomic mass is 10.1. The minimum Gasteiger partial charge on any atom is -0.462 e. The average Bonchev–Trinajstić information content (AvgIpc) is 3.24. The molecule has 0 rings (SSSR count). The summed E-state index contributed by atoms with van der Waals surface area (Å²) in [5.74, 6) is -1.01. The Morgan fingerprint density at radius 1 is 0.350 bits per heavy atom. The van der Waals surface area contributed by atoms with Gasteiger partial charge in [0.2, 0.25) is 0 Å². The molecule has 0 aliphatic rings. The van der Waals surface area contributed by atoms with E-state index in [1.807, 2.05) is 12.2 Å². The van der Waals surface area contributed by atoms with E-state index in [1.165, 1.54) is 64.2 Å². The van der Waals surface area contributed by atoms with Crippen LogP contribution in [-0.2, 0) is 28.6 Å². The van der Waals surface area contributed by atoms with Gasteiger partial charge in [-0.05, 0) is 83.5 Å². The molecular weight excluding hydrogens is 745 g/mol. The Hall–Kier alpha value is -3.67. The fraction of sp³-hybridized carbons (Fsp3) is 0.648. The first kappa shape index (κ1) is 56.3. The van der Waals surface area contributed by atoms with Crippen LogP contribution >= 0.6 is 0 Å². The Labute approximate surface area is 368 Å². The lowest BCUT2D eigenvalue weighted by molar-refractivity contribution is -0.166. The summed E-state index contributed by atoms with van der Waals surface area (Å²) in [6, 6.07) is 0. The third-order valence-corrected chi connectivity index (χ3v) is 9.85. The molecule has 0 aromatic rings. The van der Waals surface area contributed by atoms with Crippen molar-refractivity contribution in [2.24, 2.45) is 0 Å². The first-order valence-corrected chi connectivity index (χ1v) is 24.2. The van der Waals surface area contributed by atoms with Gasteiger partial charge < -0.3 is 14.2 Å². The van der Waals surface area contributed by atoms with Crippen molar-refractivity contribution in [3.63, 3.8) is 0 Å². The van der Waals surface area contributed by atoms with E-state index in [-0.39, 0.29) is 37.5 Å². The molecule has 0 aliphatic heterocycles. The molecular formula is C54H88O6. The van der Waals surface area contributed by atoms with E-state index in [2.05, 4.69) is 106 Å². The van der Waals surface area contributed by atoms with E-state index < -0.39 is 6.10 Å². The minimum atomic E-state index is -0.809. The molecule has 0 radical (unpaired) electrons. The van der Waals surface area contributed by atoms with Crippen molar-refractivity contribution in [2.45, 2.75) is 213 Å². The second-order valence-corrected chi connectivity index (χ2v) is 15.6. The van der Waals surface area contributed by atoms with Gasteiger partial charge in [-0.3, -0.25) is 14.4 Å². The van der Waals surface area contributed by atoms with E-state index >= 15 is 0 Å². The number of hydrogen-bond acceptors (Lipinski definition) is 6. The molecule has 60 heavy (non-hydrogen) atoms. The van der Waals surface area contributed by atoms with E-state index in [0.29, 0.717) is 19.3 Å². The zero-order valence-electron chi connectivity index (χ0n) is 38.7. The molecule has 0 aliphatic carbocycles. The van der Waals surface area contributed by atoms with Crippen LogP contribution in [0.5, 0.6) is 0 Å². The topological polar surface area (TPSA) is 78.9 Å². The molecule has 0 fully saturated rings. The van der Waals surface area contributed by atoms with Crippen molar-refractivity contribution in [3.05, 3.63) is 97.2 Å². The molecule has 1 unspecified atom stereocenters. The Balaban J connectivity index is 4.48. The van der Waals surface area contributed by atoms with Crippen molar-refractivity contribution < 1.29 is 28.6 Å². The number of carbonyl (C=O) groups is 3. The normalized spacial score (nSPS) is 12.9. The van der Waals surface area contributed by atoms with Crippen LogP contribution in [0.3, 0.4) is 0 Å². The lowest BCUT2D eigenvalue weighted by Gasteiger charge is -2.18. The molecule has 0 heterocycles. The first-order valence-electron chi connectivity index (χ1n) is 24.2. The third-order valence-electron chi connectivity index (χ3n) is 9.85. The van der Waals surface area contributed by atoms with Crippen molar-refractivity contribution in [1.82, 2.24) is 0 Å². The molecule has 0 saturated heterocycles. The van der Waals surface area contributed by atoms with Crippen LogP contribution in [0, 0.1) is 0 Å². The summed E-state index contributed by atoms with van der Waals surface area (Å²) in [6.07, 6.45) is 62.6. The smallest absolute Gasteiger partial charge is 0.306 e. The number of esters is 3. The van der Waals surface area contributed by atoms with Crippen LogP contribution in [0.15, 0.2) is 97.2 Å². The molecule has 6 heteroatoms. The summed E-state index contributed by atoms with van der Waals surface area (Å²) >= 11 is 0. The minimum absolute atomic E-state index is 0.104. The summed E-state index contributed by atoms with van der Waals surface area (Å²) in [7, 11) is 0. The number of rotatable bonds is 42. The van der Waals surface area contributed by atoms with Crippen molar-refractivity contribution in [1.29, 1.82) is 0 Å². The van der Waals surface area contributed by atoms with Crippen molar-refractivity contribution >= 4 is 17.9 Å². The predicted molar refractivity (Wildman–Crippen MR) is 256 cm³/mol. The van der Waals surface area contributed by atoms with Gasteiger partial charge in [0.25, 0.3) is 0 Å². The zero-order chi connectivity index (χ0) is 43.7. The predicted octanol–water partition coefficient (Wildman–Crippen LogP) is 15.8. The maximum atomic E-state index is 12.7. The highest BCUT2D eigenvalue weighted by atomic mass is 16.6. The fourth-order valence-electron chi connectivity index (χ4n) is 6.27. The van der Waals surface area contributed by atoms with Gasteiger partial charge in [-0.1, -0.05) is 201 Å².